The second-order valence-electron chi connectivity index (χ2n) is 4.26. The van der Waals surface area contributed by atoms with E-state index in [2.05, 4.69) is 14.9 Å². The fourth-order valence-electron chi connectivity index (χ4n) is 2.18. The highest BCUT2D eigenvalue weighted by atomic mass is 35.5. The predicted molar refractivity (Wildman–Crippen MR) is 73.8 cm³/mol. The minimum Gasteiger partial charge on any atom is -0.348 e. The number of isocyanates is 1. The SMILES string of the molecule is O=C=Nc1c(F)cc(Cl)c2nc(N3CCCC3)sc12. The van der Waals surface area contributed by atoms with Crippen molar-refractivity contribution in [2.45, 2.75) is 12.8 Å². The third-order valence-electron chi connectivity index (χ3n) is 3.07. The normalized spacial score (nSPS) is 14.9. The van der Waals surface area contributed by atoms with Crippen molar-refractivity contribution in [3.63, 3.8) is 0 Å². The van der Waals surface area contributed by atoms with Gasteiger partial charge in [-0.05, 0) is 18.9 Å². The van der Waals surface area contributed by atoms with Crippen molar-refractivity contribution in [2.75, 3.05) is 18.0 Å². The second-order valence-corrected chi connectivity index (χ2v) is 5.64. The zero-order valence-corrected chi connectivity index (χ0v) is 11.4. The number of halogens is 2. The van der Waals surface area contributed by atoms with Crippen LogP contribution < -0.4 is 4.90 Å². The molecule has 0 atom stereocenters. The maximum Gasteiger partial charge on any atom is 0.240 e. The van der Waals surface area contributed by atoms with Crippen LogP contribution in [0.3, 0.4) is 0 Å². The lowest BCUT2D eigenvalue weighted by Crippen LogP contribution is -2.16. The first-order chi connectivity index (χ1) is 9.20. The Kier molecular flexibility index (Phi) is 3.22. The number of hydrogen-bond donors (Lipinski definition) is 0. The summed E-state index contributed by atoms with van der Waals surface area (Å²) in [6.45, 7) is 1.87. The molecule has 2 aromatic rings. The highest BCUT2D eigenvalue weighted by Gasteiger charge is 2.21. The van der Waals surface area contributed by atoms with Gasteiger partial charge >= 0.3 is 0 Å². The Morgan fingerprint density at radius 2 is 2.21 bits per heavy atom. The molecule has 1 aliphatic rings. The molecule has 19 heavy (non-hydrogen) atoms. The van der Waals surface area contributed by atoms with E-state index in [1.807, 2.05) is 0 Å². The van der Waals surface area contributed by atoms with Gasteiger partial charge in [-0.2, -0.15) is 4.99 Å². The quantitative estimate of drug-likeness (QED) is 0.628. The Bertz CT molecular complexity index is 690. The number of hydrogen-bond acceptors (Lipinski definition) is 5. The van der Waals surface area contributed by atoms with Gasteiger partial charge in [0.25, 0.3) is 0 Å². The Morgan fingerprint density at radius 3 is 2.89 bits per heavy atom. The third-order valence-corrected chi connectivity index (χ3v) is 4.48. The molecule has 1 aromatic heterocycles. The minimum absolute atomic E-state index is 0.0302. The molecule has 7 heteroatoms. The van der Waals surface area contributed by atoms with E-state index in [9.17, 15) is 9.18 Å². The fourth-order valence-corrected chi connectivity index (χ4v) is 3.59. The van der Waals surface area contributed by atoms with E-state index < -0.39 is 5.82 Å². The van der Waals surface area contributed by atoms with Crippen LogP contribution in [0.5, 0.6) is 0 Å². The average molecular weight is 298 g/mol. The molecule has 0 unspecified atom stereocenters. The maximum atomic E-state index is 13.8. The first-order valence-corrected chi connectivity index (χ1v) is 7.01. The number of thiazole rings is 1. The number of carbonyl (C=O) groups excluding carboxylic acids is 1. The number of anilines is 1. The molecule has 1 aromatic carbocycles. The van der Waals surface area contributed by atoms with E-state index in [4.69, 9.17) is 11.6 Å². The lowest BCUT2D eigenvalue weighted by atomic mass is 10.3. The molecule has 0 aliphatic carbocycles. The van der Waals surface area contributed by atoms with Crippen LogP contribution in [0.15, 0.2) is 11.1 Å². The Morgan fingerprint density at radius 1 is 1.47 bits per heavy atom. The van der Waals surface area contributed by atoms with Crippen LogP contribution in [-0.4, -0.2) is 24.2 Å². The Labute approximate surface area is 117 Å². The monoisotopic (exact) mass is 297 g/mol. The summed E-state index contributed by atoms with van der Waals surface area (Å²) < 4.78 is 14.3. The zero-order valence-electron chi connectivity index (χ0n) is 9.82. The van der Waals surface area contributed by atoms with Crippen molar-refractivity contribution in [3.8, 4) is 0 Å². The highest BCUT2D eigenvalue weighted by Crippen LogP contribution is 2.41. The van der Waals surface area contributed by atoms with Crippen molar-refractivity contribution >= 4 is 50.1 Å². The van der Waals surface area contributed by atoms with Crippen molar-refractivity contribution < 1.29 is 9.18 Å². The zero-order chi connectivity index (χ0) is 13.4. The van der Waals surface area contributed by atoms with Crippen LogP contribution in [-0.2, 0) is 4.79 Å². The Balaban J connectivity index is 2.22. The summed E-state index contributed by atoms with van der Waals surface area (Å²) in [6.07, 6.45) is 3.62. The van der Waals surface area contributed by atoms with Gasteiger partial charge in [0.15, 0.2) is 10.9 Å². The molecule has 1 fully saturated rings. The summed E-state index contributed by atoms with van der Waals surface area (Å²) in [7, 11) is 0. The topological polar surface area (TPSA) is 45.6 Å². The van der Waals surface area contributed by atoms with Gasteiger partial charge in [-0.25, -0.2) is 14.2 Å². The molecule has 0 spiro atoms. The van der Waals surface area contributed by atoms with E-state index >= 15 is 0 Å². The van der Waals surface area contributed by atoms with Crippen molar-refractivity contribution in [1.82, 2.24) is 4.98 Å². The molecule has 0 radical (unpaired) electrons. The van der Waals surface area contributed by atoms with Crippen molar-refractivity contribution in [3.05, 3.63) is 16.9 Å². The van der Waals surface area contributed by atoms with E-state index in [1.165, 1.54) is 17.4 Å². The third kappa shape index (κ3) is 2.12. The van der Waals surface area contributed by atoms with Gasteiger partial charge in [0.2, 0.25) is 6.08 Å². The largest absolute Gasteiger partial charge is 0.348 e. The van der Waals surface area contributed by atoms with Gasteiger partial charge < -0.3 is 4.90 Å². The fraction of sp³-hybridized carbons (Fsp3) is 0.333. The van der Waals surface area contributed by atoms with Gasteiger partial charge in [0.05, 0.1) is 9.72 Å². The molecule has 0 saturated carbocycles. The molecule has 0 amide bonds. The van der Waals surface area contributed by atoms with Crippen molar-refractivity contribution in [2.24, 2.45) is 4.99 Å². The van der Waals surface area contributed by atoms with Gasteiger partial charge in [-0.15, -0.1) is 0 Å². The lowest BCUT2D eigenvalue weighted by Gasteiger charge is -2.11. The molecule has 0 N–H and O–H groups in total. The molecule has 1 aliphatic heterocycles. The van der Waals surface area contributed by atoms with E-state index in [0.717, 1.165) is 37.1 Å². The van der Waals surface area contributed by atoms with Crippen LogP contribution >= 0.6 is 22.9 Å². The number of fused-ring (bicyclic) bond motifs is 1. The maximum absolute atomic E-state index is 13.8. The standard InChI is InChI=1S/C12H9ClFN3OS/c13-7-5-8(14)10(15-6-18)11-9(7)16-12(19-11)17-3-1-2-4-17/h5H,1-4H2. The first kappa shape index (κ1) is 12.5. The molecule has 2 heterocycles. The van der Waals surface area contributed by atoms with Crippen LogP contribution in [0.4, 0.5) is 15.2 Å². The van der Waals surface area contributed by atoms with Gasteiger partial charge in [-0.1, -0.05) is 22.9 Å². The molecular formula is C12H9ClFN3OS. The summed E-state index contributed by atoms with van der Waals surface area (Å²) in [4.78, 5) is 20.4. The van der Waals surface area contributed by atoms with Crippen LogP contribution in [0, 0.1) is 5.82 Å². The first-order valence-electron chi connectivity index (χ1n) is 5.82. The number of aromatic nitrogens is 1. The second kappa shape index (κ2) is 4.89. The average Bonchev–Trinajstić information content (AvgIpc) is 3.02. The number of aliphatic imine (C=N–C) groups is 1. The molecule has 3 rings (SSSR count). The number of nitrogens with zero attached hydrogens (tertiary/aromatic N) is 3. The highest BCUT2D eigenvalue weighted by molar-refractivity contribution is 7.22. The van der Waals surface area contributed by atoms with Gasteiger partial charge in [0, 0.05) is 13.1 Å². The summed E-state index contributed by atoms with van der Waals surface area (Å²) in [5.74, 6) is -0.627. The summed E-state index contributed by atoms with van der Waals surface area (Å²) >= 11 is 7.31. The minimum atomic E-state index is -0.627. The van der Waals surface area contributed by atoms with E-state index in [-0.39, 0.29) is 10.7 Å². The molecule has 0 bridgehead atoms. The smallest absolute Gasteiger partial charge is 0.240 e. The van der Waals surface area contributed by atoms with Gasteiger partial charge in [-0.3, -0.25) is 0 Å². The summed E-state index contributed by atoms with van der Waals surface area (Å²) in [5, 5.41) is 1.03. The van der Waals surface area contributed by atoms with Crippen LogP contribution in [0.1, 0.15) is 12.8 Å². The molecular weight excluding hydrogens is 289 g/mol. The van der Waals surface area contributed by atoms with Crippen molar-refractivity contribution in [1.29, 1.82) is 0 Å². The summed E-state index contributed by atoms with van der Waals surface area (Å²) in [6, 6.07) is 1.13. The van der Waals surface area contributed by atoms with E-state index in [1.54, 1.807) is 0 Å². The molecule has 98 valence electrons. The van der Waals surface area contributed by atoms with Crippen LogP contribution in [0.25, 0.3) is 10.2 Å². The van der Waals surface area contributed by atoms with Gasteiger partial charge in [0.1, 0.15) is 11.2 Å². The molecule has 4 nitrogen and oxygen atoms in total. The van der Waals surface area contributed by atoms with Crippen LogP contribution in [0.2, 0.25) is 5.02 Å². The summed E-state index contributed by atoms with van der Waals surface area (Å²) in [5.41, 5.74) is 0.460. The number of rotatable bonds is 2. The van der Waals surface area contributed by atoms with E-state index in [0.29, 0.717) is 10.2 Å². The Hall–Kier alpha value is -1.49. The number of benzene rings is 1. The predicted octanol–water partition coefficient (Wildman–Crippen LogP) is 3.66. The molecule has 1 saturated heterocycles. The lowest BCUT2D eigenvalue weighted by molar-refractivity contribution is 0.564.